The van der Waals surface area contributed by atoms with Gasteiger partial charge in [-0.2, -0.15) is 0 Å². The Labute approximate surface area is 103 Å². The summed E-state index contributed by atoms with van der Waals surface area (Å²) in [5.74, 6) is -0.427. The quantitative estimate of drug-likeness (QED) is 0.351. The van der Waals surface area contributed by atoms with Crippen molar-refractivity contribution in [1.29, 1.82) is 0 Å². The molecule has 0 aliphatic carbocycles. The lowest BCUT2D eigenvalue weighted by Gasteiger charge is -2.08. The number of ether oxygens (including phenoxy) is 1. The monoisotopic (exact) mass is 257 g/mol. The van der Waals surface area contributed by atoms with Crippen LogP contribution >= 0.6 is 11.6 Å². The molecule has 92 valence electrons. The molecule has 1 aromatic carbocycles. The molecule has 5 nitrogen and oxygen atoms in total. The molecule has 1 atom stereocenters. The lowest BCUT2D eigenvalue weighted by atomic mass is 10.1. The maximum atomic E-state index is 11.0. The summed E-state index contributed by atoms with van der Waals surface area (Å²) in [7, 11) is 1.27. The van der Waals surface area contributed by atoms with Crippen molar-refractivity contribution in [2.75, 3.05) is 7.11 Å². The fourth-order valence-corrected chi connectivity index (χ4v) is 1.73. The number of halogens is 1. The van der Waals surface area contributed by atoms with Gasteiger partial charge in [0.2, 0.25) is 0 Å². The van der Waals surface area contributed by atoms with Gasteiger partial charge in [-0.25, -0.2) is 0 Å². The summed E-state index contributed by atoms with van der Waals surface area (Å²) >= 11 is 5.94. The minimum absolute atomic E-state index is 0.0167. The topological polar surface area (TPSA) is 69.4 Å². The van der Waals surface area contributed by atoms with Crippen LogP contribution in [0.5, 0.6) is 0 Å². The Kier molecular flexibility index (Phi) is 4.90. The van der Waals surface area contributed by atoms with Gasteiger partial charge in [0, 0.05) is 17.0 Å². The zero-order chi connectivity index (χ0) is 12.8. The molecule has 0 saturated heterocycles. The molecule has 0 aliphatic rings. The van der Waals surface area contributed by atoms with E-state index >= 15 is 0 Å². The second-order valence-electron chi connectivity index (χ2n) is 3.47. The highest BCUT2D eigenvalue weighted by Crippen LogP contribution is 2.21. The van der Waals surface area contributed by atoms with Gasteiger partial charge < -0.3 is 4.74 Å². The van der Waals surface area contributed by atoms with E-state index in [0.717, 1.165) is 0 Å². The van der Waals surface area contributed by atoms with E-state index in [2.05, 4.69) is 4.74 Å². The van der Waals surface area contributed by atoms with E-state index in [1.165, 1.54) is 13.2 Å². The lowest BCUT2D eigenvalue weighted by Crippen LogP contribution is -2.12. The highest BCUT2D eigenvalue weighted by molar-refractivity contribution is 6.21. The predicted octanol–water partition coefficient (Wildman–Crippen LogP) is 2.31. The number of carbonyl (C=O) groups is 1. The molecular formula is C11H12ClNO4. The predicted molar refractivity (Wildman–Crippen MR) is 63.1 cm³/mol. The van der Waals surface area contributed by atoms with Crippen molar-refractivity contribution < 1.29 is 14.5 Å². The summed E-state index contributed by atoms with van der Waals surface area (Å²) in [5, 5.41) is 10.2. The molecule has 0 saturated carbocycles. The first kappa shape index (κ1) is 13.4. The number of rotatable bonds is 5. The van der Waals surface area contributed by atoms with Crippen LogP contribution in [-0.2, 0) is 16.0 Å². The number of alkyl halides is 1. The van der Waals surface area contributed by atoms with Crippen LogP contribution in [0.1, 0.15) is 12.0 Å². The number of esters is 1. The molecule has 17 heavy (non-hydrogen) atoms. The molecule has 0 spiro atoms. The van der Waals surface area contributed by atoms with Crippen molar-refractivity contribution in [3.05, 3.63) is 39.9 Å². The lowest BCUT2D eigenvalue weighted by molar-refractivity contribution is -0.385. The third-order valence-electron chi connectivity index (χ3n) is 2.25. The fourth-order valence-electron chi connectivity index (χ4n) is 1.44. The van der Waals surface area contributed by atoms with Gasteiger partial charge in [-0.15, -0.1) is 11.6 Å². The summed E-state index contributed by atoms with van der Waals surface area (Å²) in [5.41, 5.74) is 0.532. The highest BCUT2D eigenvalue weighted by Gasteiger charge is 2.18. The number of nitrogens with zero attached hydrogens (tertiary/aromatic N) is 1. The molecule has 0 N–H and O–H groups in total. The second-order valence-corrected chi connectivity index (χ2v) is 4.08. The zero-order valence-electron chi connectivity index (χ0n) is 9.26. The highest BCUT2D eigenvalue weighted by atomic mass is 35.5. The first-order chi connectivity index (χ1) is 8.04. The van der Waals surface area contributed by atoms with Gasteiger partial charge in [0.25, 0.3) is 5.69 Å². The van der Waals surface area contributed by atoms with Gasteiger partial charge in [0.15, 0.2) is 0 Å². The van der Waals surface area contributed by atoms with Gasteiger partial charge in [-0.1, -0.05) is 18.2 Å². The van der Waals surface area contributed by atoms with Crippen molar-refractivity contribution in [1.82, 2.24) is 0 Å². The largest absolute Gasteiger partial charge is 0.469 e. The number of benzene rings is 1. The van der Waals surface area contributed by atoms with Crippen LogP contribution in [0.3, 0.4) is 0 Å². The Bertz CT molecular complexity index is 422. The van der Waals surface area contributed by atoms with Crippen LogP contribution in [0.15, 0.2) is 24.3 Å². The van der Waals surface area contributed by atoms with Crippen molar-refractivity contribution in [3.8, 4) is 0 Å². The first-order valence-corrected chi connectivity index (χ1v) is 5.41. The molecule has 0 radical (unpaired) electrons. The Morgan fingerprint density at radius 3 is 2.76 bits per heavy atom. The number of para-hydroxylation sites is 1. The van der Waals surface area contributed by atoms with Crippen LogP contribution in [0.25, 0.3) is 0 Å². The van der Waals surface area contributed by atoms with E-state index in [9.17, 15) is 14.9 Å². The van der Waals surface area contributed by atoms with E-state index in [4.69, 9.17) is 11.6 Å². The number of carbonyl (C=O) groups excluding carboxylic acids is 1. The van der Waals surface area contributed by atoms with Gasteiger partial charge >= 0.3 is 5.97 Å². The normalized spacial score (nSPS) is 11.9. The standard InChI is InChI=1S/C11H12ClNO4/c1-17-11(14)7-9(12)6-8-4-2-3-5-10(8)13(15)16/h2-5,9H,6-7H2,1H3. The molecule has 1 rings (SSSR count). The molecule has 6 heteroatoms. The number of hydrogen-bond acceptors (Lipinski definition) is 4. The maximum Gasteiger partial charge on any atom is 0.307 e. The maximum absolute atomic E-state index is 11.0. The third-order valence-corrected chi connectivity index (χ3v) is 2.55. The van der Waals surface area contributed by atoms with Crippen LogP contribution in [-0.4, -0.2) is 23.4 Å². The molecule has 1 unspecified atom stereocenters. The van der Waals surface area contributed by atoms with Gasteiger partial charge in [0.1, 0.15) is 0 Å². The first-order valence-electron chi connectivity index (χ1n) is 4.97. The van der Waals surface area contributed by atoms with Gasteiger partial charge in [-0.05, 0) is 6.42 Å². The van der Waals surface area contributed by atoms with Crippen LogP contribution in [0.4, 0.5) is 5.69 Å². The Morgan fingerprint density at radius 1 is 1.53 bits per heavy atom. The Hall–Kier alpha value is -1.62. The number of nitro benzene ring substituents is 1. The molecule has 0 aliphatic heterocycles. The van der Waals surface area contributed by atoms with Crippen LogP contribution in [0.2, 0.25) is 0 Å². The summed E-state index contributed by atoms with van der Waals surface area (Å²) in [4.78, 5) is 21.3. The minimum Gasteiger partial charge on any atom is -0.469 e. The van der Waals surface area contributed by atoms with Crippen molar-refractivity contribution in [2.45, 2.75) is 18.2 Å². The number of nitro groups is 1. The average Bonchev–Trinajstić information content (AvgIpc) is 2.29. The summed E-state index contributed by atoms with van der Waals surface area (Å²) in [6, 6.07) is 6.33. The Balaban J connectivity index is 2.74. The Morgan fingerprint density at radius 2 is 2.18 bits per heavy atom. The molecule has 1 aromatic rings. The van der Waals surface area contributed by atoms with Gasteiger partial charge in [0.05, 0.1) is 18.5 Å². The number of methoxy groups -OCH3 is 1. The van der Waals surface area contributed by atoms with Crippen molar-refractivity contribution in [3.63, 3.8) is 0 Å². The molecule has 0 bridgehead atoms. The van der Waals surface area contributed by atoms with E-state index in [-0.39, 0.29) is 18.5 Å². The van der Waals surface area contributed by atoms with E-state index in [1.54, 1.807) is 18.2 Å². The number of hydrogen-bond donors (Lipinski definition) is 0. The summed E-state index contributed by atoms with van der Waals surface area (Å²) < 4.78 is 4.48. The smallest absolute Gasteiger partial charge is 0.307 e. The molecule has 0 amide bonds. The molecule has 0 fully saturated rings. The van der Waals surface area contributed by atoms with E-state index in [1.807, 2.05) is 0 Å². The average molecular weight is 258 g/mol. The van der Waals surface area contributed by atoms with Gasteiger partial charge in [-0.3, -0.25) is 14.9 Å². The third kappa shape index (κ3) is 4.03. The van der Waals surface area contributed by atoms with E-state index in [0.29, 0.717) is 5.56 Å². The van der Waals surface area contributed by atoms with Crippen LogP contribution < -0.4 is 0 Å². The fraction of sp³-hybridized carbons (Fsp3) is 0.364. The van der Waals surface area contributed by atoms with Crippen molar-refractivity contribution in [2.24, 2.45) is 0 Å². The summed E-state index contributed by atoms with van der Waals surface area (Å²) in [6.07, 6.45) is 0.290. The minimum atomic E-state index is -0.511. The second kappa shape index (κ2) is 6.20. The molecule has 0 heterocycles. The van der Waals surface area contributed by atoms with E-state index < -0.39 is 16.3 Å². The zero-order valence-corrected chi connectivity index (χ0v) is 10.0. The van der Waals surface area contributed by atoms with Crippen LogP contribution in [0, 0.1) is 10.1 Å². The SMILES string of the molecule is COC(=O)CC(Cl)Cc1ccccc1[N+](=O)[O-]. The van der Waals surface area contributed by atoms with Crippen molar-refractivity contribution >= 4 is 23.3 Å². The summed E-state index contributed by atoms with van der Waals surface area (Å²) in [6.45, 7) is 0. The molecular weight excluding hydrogens is 246 g/mol. The molecule has 0 aromatic heterocycles.